The molecule has 1 aromatic rings. The van der Waals surface area contributed by atoms with Gasteiger partial charge in [-0.25, -0.2) is 9.37 Å². The minimum Gasteiger partial charge on any atom is -0.386 e. The topological polar surface area (TPSA) is 65.5 Å². The molecule has 2 heterocycles. The molecule has 120 valence electrons. The number of hydrogen-bond acceptors (Lipinski definition) is 4. The van der Waals surface area contributed by atoms with Crippen LogP contribution < -0.4 is 10.2 Å². The average Bonchev–Trinajstić information content (AvgIpc) is 2.44. The number of nitrogens with one attached hydrogen (secondary N) is 1. The molecule has 5 nitrogen and oxygen atoms in total. The summed E-state index contributed by atoms with van der Waals surface area (Å²) >= 11 is 0. The molecule has 2 fully saturated rings. The summed E-state index contributed by atoms with van der Waals surface area (Å²) in [5, 5.41) is 13.6. The highest BCUT2D eigenvalue weighted by atomic mass is 19.1. The van der Waals surface area contributed by atoms with Gasteiger partial charge in [-0.1, -0.05) is 6.42 Å². The van der Waals surface area contributed by atoms with Gasteiger partial charge in [-0.05, 0) is 37.8 Å². The first-order valence-electron chi connectivity index (χ1n) is 7.92. The summed E-state index contributed by atoms with van der Waals surface area (Å²) in [5.41, 5.74) is -0.951. The third-order valence-corrected chi connectivity index (χ3v) is 4.66. The van der Waals surface area contributed by atoms with Crippen LogP contribution in [0.4, 0.5) is 10.2 Å². The summed E-state index contributed by atoms with van der Waals surface area (Å²) in [6, 6.07) is 2.99. The summed E-state index contributed by atoms with van der Waals surface area (Å²) in [4.78, 5) is 17.9. The number of aliphatic hydroxyl groups is 1. The lowest BCUT2D eigenvalue weighted by Crippen LogP contribution is -2.55. The van der Waals surface area contributed by atoms with E-state index in [1.165, 1.54) is 12.3 Å². The molecule has 1 amide bonds. The van der Waals surface area contributed by atoms with E-state index < -0.39 is 5.60 Å². The number of nitrogens with zero attached hydrogens (tertiary/aromatic N) is 2. The molecular formula is C16H22FN3O2. The first-order valence-corrected chi connectivity index (χ1v) is 7.92. The number of rotatable bonds is 4. The number of halogens is 1. The summed E-state index contributed by atoms with van der Waals surface area (Å²) in [5.74, 6) is 0.465. The lowest BCUT2D eigenvalue weighted by atomic mass is 9.84. The van der Waals surface area contributed by atoms with Crippen LogP contribution in [0.25, 0.3) is 0 Å². The molecule has 2 aliphatic rings. The van der Waals surface area contributed by atoms with Gasteiger partial charge in [-0.3, -0.25) is 4.79 Å². The van der Waals surface area contributed by atoms with Gasteiger partial charge in [0.05, 0.1) is 11.8 Å². The Morgan fingerprint density at radius 3 is 2.91 bits per heavy atom. The fraction of sp³-hybridized carbons (Fsp3) is 0.625. The van der Waals surface area contributed by atoms with E-state index in [2.05, 4.69) is 10.3 Å². The van der Waals surface area contributed by atoms with E-state index in [1.807, 2.05) is 4.90 Å². The molecular weight excluding hydrogens is 285 g/mol. The summed E-state index contributed by atoms with van der Waals surface area (Å²) in [6.07, 6.45) is 5.67. The third-order valence-electron chi connectivity index (χ3n) is 4.66. The number of anilines is 1. The highest BCUT2D eigenvalue weighted by Crippen LogP contribution is 2.27. The summed E-state index contributed by atoms with van der Waals surface area (Å²) in [6.45, 7) is 1.44. The fourth-order valence-electron chi connectivity index (χ4n) is 3.07. The molecule has 3 rings (SSSR count). The van der Waals surface area contributed by atoms with Gasteiger partial charge in [0.25, 0.3) is 0 Å². The lowest BCUT2D eigenvalue weighted by Gasteiger charge is -2.40. The van der Waals surface area contributed by atoms with Gasteiger partial charge >= 0.3 is 0 Å². The second-order valence-electron chi connectivity index (χ2n) is 6.43. The van der Waals surface area contributed by atoms with E-state index in [0.29, 0.717) is 18.8 Å². The Morgan fingerprint density at radius 1 is 1.45 bits per heavy atom. The maximum absolute atomic E-state index is 13.0. The van der Waals surface area contributed by atoms with E-state index in [0.717, 1.165) is 32.2 Å². The smallest absolute Gasteiger partial charge is 0.223 e. The number of aromatic nitrogens is 1. The number of β-amino-alcohol motifs (C(OH)–C–C–N with tert-alkyl or cyclic N) is 1. The van der Waals surface area contributed by atoms with Crippen molar-refractivity contribution < 1.29 is 14.3 Å². The van der Waals surface area contributed by atoms with Gasteiger partial charge in [0.2, 0.25) is 5.91 Å². The molecule has 0 radical (unpaired) electrons. The molecule has 6 heteroatoms. The molecule has 0 bridgehead atoms. The van der Waals surface area contributed by atoms with Crippen molar-refractivity contribution in [2.45, 2.75) is 37.7 Å². The van der Waals surface area contributed by atoms with Crippen molar-refractivity contribution in [1.82, 2.24) is 10.3 Å². The van der Waals surface area contributed by atoms with Gasteiger partial charge in [0.1, 0.15) is 11.6 Å². The Balaban J connectivity index is 1.58. The Hall–Kier alpha value is -1.69. The van der Waals surface area contributed by atoms with Gasteiger partial charge in [-0.2, -0.15) is 0 Å². The Morgan fingerprint density at radius 2 is 2.27 bits per heavy atom. The summed E-state index contributed by atoms with van der Waals surface area (Å²) < 4.78 is 13.0. The van der Waals surface area contributed by atoms with E-state index >= 15 is 0 Å². The fourth-order valence-corrected chi connectivity index (χ4v) is 3.07. The molecule has 1 atom stereocenters. The third kappa shape index (κ3) is 3.38. The van der Waals surface area contributed by atoms with Crippen LogP contribution in [0.5, 0.6) is 0 Å². The van der Waals surface area contributed by atoms with Crippen LogP contribution in [0.2, 0.25) is 0 Å². The highest BCUT2D eigenvalue weighted by Gasteiger charge is 2.35. The molecule has 1 saturated carbocycles. The standard InChI is InChI=1S/C16H22FN3O2/c17-13-5-6-14(18-9-13)20-8-2-7-16(22,11-20)10-19-15(21)12-3-1-4-12/h5-6,9,12,22H,1-4,7-8,10-11H2,(H,19,21)/t16-/m0/s1. The van der Waals surface area contributed by atoms with Gasteiger partial charge in [0, 0.05) is 25.6 Å². The van der Waals surface area contributed by atoms with Crippen molar-refractivity contribution in [3.05, 3.63) is 24.1 Å². The zero-order valence-electron chi connectivity index (χ0n) is 12.6. The molecule has 1 aromatic heterocycles. The van der Waals surface area contributed by atoms with Gasteiger partial charge in [-0.15, -0.1) is 0 Å². The number of amides is 1. The Bertz CT molecular complexity index is 533. The molecule has 1 saturated heterocycles. The molecule has 1 aliphatic heterocycles. The molecule has 0 spiro atoms. The molecule has 2 N–H and O–H groups in total. The summed E-state index contributed by atoms with van der Waals surface area (Å²) in [7, 11) is 0. The largest absolute Gasteiger partial charge is 0.386 e. The SMILES string of the molecule is O=C(NC[C@@]1(O)CCCN(c2ccc(F)cn2)C1)C1CCC1. The first kappa shape index (κ1) is 15.2. The van der Waals surface area contributed by atoms with E-state index in [9.17, 15) is 14.3 Å². The van der Waals surface area contributed by atoms with Crippen LogP contribution in [0, 0.1) is 11.7 Å². The molecule has 0 unspecified atom stereocenters. The van der Waals surface area contributed by atoms with Crippen LogP contribution >= 0.6 is 0 Å². The normalized spacial score (nSPS) is 25.6. The van der Waals surface area contributed by atoms with Crippen LogP contribution in [0.1, 0.15) is 32.1 Å². The molecule has 1 aliphatic carbocycles. The Kier molecular flexibility index (Phi) is 4.29. The van der Waals surface area contributed by atoms with Gasteiger partial charge in [0.15, 0.2) is 0 Å². The maximum atomic E-state index is 13.0. The second-order valence-corrected chi connectivity index (χ2v) is 6.43. The second kappa shape index (κ2) is 6.20. The van der Waals surface area contributed by atoms with Crippen LogP contribution in [-0.2, 0) is 4.79 Å². The number of pyridine rings is 1. The number of hydrogen-bond donors (Lipinski definition) is 2. The quantitative estimate of drug-likeness (QED) is 0.884. The lowest BCUT2D eigenvalue weighted by molar-refractivity contribution is -0.128. The number of carbonyl (C=O) groups is 1. The average molecular weight is 307 g/mol. The van der Waals surface area contributed by atoms with Crippen molar-refractivity contribution in [3.63, 3.8) is 0 Å². The zero-order chi connectivity index (χ0) is 15.6. The van der Waals surface area contributed by atoms with Crippen molar-refractivity contribution in [1.29, 1.82) is 0 Å². The number of carbonyl (C=O) groups excluding carboxylic acids is 1. The van der Waals surface area contributed by atoms with Crippen LogP contribution in [0.3, 0.4) is 0 Å². The number of piperidine rings is 1. The van der Waals surface area contributed by atoms with E-state index in [-0.39, 0.29) is 24.2 Å². The Labute approximate surface area is 129 Å². The minimum atomic E-state index is -0.951. The minimum absolute atomic E-state index is 0.0525. The van der Waals surface area contributed by atoms with Crippen LogP contribution in [-0.4, -0.2) is 41.2 Å². The van der Waals surface area contributed by atoms with Crippen molar-refractivity contribution >= 4 is 11.7 Å². The zero-order valence-corrected chi connectivity index (χ0v) is 12.6. The molecule has 0 aromatic carbocycles. The van der Waals surface area contributed by atoms with Crippen molar-refractivity contribution in [3.8, 4) is 0 Å². The predicted octanol–water partition coefficient (Wildman–Crippen LogP) is 1.47. The maximum Gasteiger partial charge on any atom is 0.223 e. The monoisotopic (exact) mass is 307 g/mol. The highest BCUT2D eigenvalue weighted by molar-refractivity contribution is 5.79. The van der Waals surface area contributed by atoms with Crippen molar-refractivity contribution in [2.75, 3.05) is 24.5 Å². The first-order chi connectivity index (χ1) is 10.6. The van der Waals surface area contributed by atoms with Crippen LogP contribution in [0.15, 0.2) is 18.3 Å². The van der Waals surface area contributed by atoms with Crippen molar-refractivity contribution in [2.24, 2.45) is 5.92 Å². The van der Waals surface area contributed by atoms with E-state index in [1.54, 1.807) is 6.07 Å². The predicted molar refractivity (Wildman–Crippen MR) is 80.9 cm³/mol. The molecule has 22 heavy (non-hydrogen) atoms. The van der Waals surface area contributed by atoms with Gasteiger partial charge < -0.3 is 15.3 Å². The van der Waals surface area contributed by atoms with E-state index in [4.69, 9.17) is 0 Å².